The molecule has 0 bridgehead atoms. The van der Waals surface area contributed by atoms with Crippen LogP contribution in [0.3, 0.4) is 0 Å². The molecule has 0 spiro atoms. The minimum atomic E-state index is -3.65. The van der Waals surface area contributed by atoms with Gasteiger partial charge in [-0.15, -0.1) is 11.3 Å². The lowest BCUT2D eigenvalue weighted by atomic mass is 10.2. The Kier molecular flexibility index (Phi) is 7.39. The summed E-state index contributed by atoms with van der Waals surface area (Å²) < 4.78 is 26.9. The molecule has 25 heavy (non-hydrogen) atoms. The summed E-state index contributed by atoms with van der Waals surface area (Å²) in [5, 5.41) is 4.81. The van der Waals surface area contributed by atoms with Gasteiger partial charge in [0.15, 0.2) is 5.13 Å². The zero-order valence-corrected chi connectivity index (χ0v) is 15.8. The number of nitrogens with one attached hydrogen (secondary N) is 2. The minimum absolute atomic E-state index is 0.0979. The second-order valence-corrected chi connectivity index (χ2v) is 8.19. The van der Waals surface area contributed by atoms with Crippen LogP contribution in [0, 0.1) is 0 Å². The Morgan fingerprint density at radius 3 is 2.64 bits per heavy atom. The average Bonchev–Trinajstić information content (AvgIpc) is 3.01. The fraction of sp³-hybridized carbons (Fsp3) is 0.412. The van der Waals surface area contributed by atoms with Gasteiger partial charge in [0, 0.05) is 11.9 Å². The van der Waals surface area contributed by atoms with Gasteiger partial charge in [0.25, 0.3) is 10.0 Å². The van der Waals surface area contributed by atoms with Crippen molar-refractivity contribution in [3.8, 4) is 0 Å². The van der Waals surface area contributed by atoms with E-state index in [4.69, 9.17) is 0 Å². The van der Waals surface area contributed by atoms with Crippen LogP contribution < -0.4 is 10.0 Å². The molecule has 1 aromatic heterocycles. The van der Waals surface area contributed by atoms with Crippen molar-refractivity contribution in [3.63, 3.8) is 0 Å². The van der Waals surface area contributed by atoms with E-state index in [0.29, 0.717) is 12.2 Å². The van der Waals surface area contributed by atoms with Crippen molar-refractivity contribution in [2.24, 2.45) is 0 Å². The number of sulfonamides is 1. The van der Waals surface area contributed by atoms with Crippen molar-refractivity contribution in [1.29, 1.82) is 0 Å². The number of aromatic nitrogens is 1. The third kappa shape index (κ3) is 6.47. The van der Waals surface area contributed by atoms with Crippen molar-refractivity contribution in [1.82, 2.24) is 10.3 Å². The van der Waals surface area contributed by atoms with Crippen LogP contribution in [-0.4, -0.2) is 25.9 Å². The lowest BCUT2D eigenvalue weighted by molar-refractivity contribution is -0.120. The van der Waals surface area contributed by atoms with Crippen LogP contribution in [0.1, 0.15) is 38.3 Å². The van der Waals surface area contributed by atoms with E-state index in [0.717, 1.165) is 19.3 Å². The first-order valence-electron chi connectivity index (χ1n) is 8.30. The van der Waals surface area contributed by atoms with Gasteiger partial charge >= 0.3 is 0 Å². The summed E-state index contributed by atoms with van der Waals surface area (Å²) >= 11 is 1.17. The standard InChI is InChI=1S/C17H23N3O3S2/c1-2-3-4-8-11-18-16(21)12-14-13-24-17(19-14)20-25(22,23)15-9-6-5-7-10-15/h5-7,9-10,13H,2-4,8,11-12H2,1H3,(H,18,21)(H,19,20). The molecule has 0 saturated carbocycles. The number of nitrogens with zero attached hydrogens (tertiary/aromatic N) is 1. The van der Waals surface area contributed by atoms with Crippen molar-refractivity contribution in [2.45, 2.75) is 43.9 Å². The number of benzene rings is 1. The lowest BCUT2D eigenvalue weighted by Gasteiger charge is -2.05. The van der Waals surface area contributed by atoms with Crippen LogP contribution in [0.5, 0.6) is 0 Å². The molecule has 0 unspecified atom stereocenters. The van der Waals surface area contributed by atoms with Gasteiger partial charge in [-0.3, -0.25) is 9.52 Å². The summed E-state index contributed by atoms with van der Waals surface area (Å²) in [4.78, 5) is 16.2. The quantitative estimate of drug-likeness (QED) is 0.619. The largest absolute Gasteiger partial charge is 0.356 e. The van der Waals surface area contributed by atoms with Crippen LogP contribution in [0.2, 0.25) is 0 Å². The lowest BCUT2D eigenvalue weighted by Crippen LogP contribution is -2.26. The molecule has 1 heterocycles. The predicted molar refractivity (Wildman–Crippen MR) is 100 cm³/mol. The van der Waals surface area contributed by atoms with E-state index in [1.807, 2.05) is 0 Å². The monoisotopic (exact) mass is 381 g/mol. The number of thiazole rings is 1. The average molecular weight is 382 g/mol. The molecule has 0 saturated heterocycles. The number of hydrogen-bond acceptors (Lipinski definition) is 5. The topological polar surface area (TPSA) is 88.2 Å². The van der Waals surface area contributed by atoms with Crippen LogP contribution in [0.4, 0.5) is 5.13 Å². The molecule has 1 aromatic carbocycles. The second-order valence-electron chi connectivity index (χ2n) is 5.65. The van der Waals surface area contributed by atoms with Gasteiger partial charge in [-0.2, -0.15) is 0 Å². The predicted octanol–water partition coefficient (Wildman–Crippen LogP) is 3.18. The number of amides is 1. The first-order valence-corrected chi connectivity index (χ1v) is 10.7. The van der Waals surface area contributed by atoms with Crippen molar-refractivity contribution in [2.75, 3.05) is 11.3 Å². The first kappa shape index (κ1) is 19.4. The second kappa shape index (κ2) is 9.53. The number of carbonyl (C=O) groups excluding carboxylic acids is 1. The molecule has 6 nitrogen and oxygen atoms in total. The fourth-order valence-electron chi connectivity index (χ4n) is 2.22. The number of unbranched alkanes of at least 4 members (excludes halogenated alkanes) is 3. The summed E-state index contributed by atoms with van der Waals surface area (Å²) in [5.74, 6) is -0.0979. The molecular formula is C17H23N3O3S2. The number of hydrogen-bond donors (Lipinski definition) is 2. The highest BCUT2D eigenvalue weighted by atomic mass is 32.2. The molecule has 0 aliphatic rings. The van der Waals surface area contributed by atoms with Crippen LogP contribution in [-0.2, 0) is 21.2 Å². The van der Waals surface area contributed by atoms with E-state index in [9.17, 15) is 13.2 Å². The molecule has 0 atom stereocenters. The van der Waals surface area contributed by atoms with Crippen molar-refractivity contribution >= 4 is 32.4 Å². The third-order valence-corrected chi connectivity index (χ3v) is 5.81. The van der Waals surface area contributed by atoms with E-state index >= 15 is 0 Å². The van der Waals surface area contributed by atoms with E-state index in [2.05, 4.69) is 21.9 Å². The zero-order chi connectivity index (χ0) is 18.1. The van der Waals surface area contributed by atoms with Gasteiger partial charge < -0.3 is 5.32 Å². The summed E-state index contributed by atoms with van der Waals surface area (Å²) in [6.45, 7) is 2.81. The molecule has 2 rings (SSSR count). The number of rotatable bonds is 10. The summed E-state index contributed by atoms with van der Waals surface area (Å²) in [7, 11) is -3.65. The smallest absolute Gasteiger partial charge is 0.263 e. The van der Waals surface area contributed by atoms with Gasteiger partial charge in [-0.25, -0.2) is 13.4 Å². The Hall–Kier alpha value is -1.93. The van der Waals surface area contributed by atoms with Crippen molar-refractivity contribution < 1.29 is 13.2 Å². The summed E-state index contributed by atoms with van der Waals surface area (Å²) in [6, 6.07) is 8.10. The highest BCUT2D eigenvalue weighted by molar-refractivity contribution is 7.93. The van der Waals surface area contributed by atoms with Crippen molar-refractivity contribution in [3.05, 3.63) is 41.4 Å². The molecule has 2 aromatic rings. The maximum Gasteiger partial charge on any atom is 0.263 e. The first-order chi connectivity index (χ1) is 12.0. The molecule has 0 fully saturated rings. The molecular weight excluding hydrogens is 358 g/mol. The third-order valence-electron chi connectivity index (χ3n) is 3.52. The molecule has 0 aliphatic carbocycles. The molecule has 8 heteroatoms. The van der Waals surface area contributed by atoms with Crippen LogP contribution in [0.15, 0.2) is 40.6 Å². The highest BCUT2D eigenvalue weighted by Gasteiger charge is 2.16. The molecule has 0 aliphatic heterocycles. The normalized spacial score (nSPS) is 11.2. The zero-order valence-electron chi connectivity index (χ0n) is 14.2. The molecule has 2 N–H and O–H groups in total. The SMILES string of the molecule is CCCCCCNC(=O)Cc1csc(NS(=O)(=O)c2ccccc2)n1. The Morgan fingerprint density at radius 1 is 1.16 bits per heavy atom. The number of anilines is 1. The number of carbonyl (C=O) groups is 1. The summed E-state index contributed by atoms with van der Waals surface area (Å²) in [6.07, 6.45) is 4.57. The van der Waals surface area contributed by atoms with Gasteiger partial charge in [0.2, 0.25) is 5.91 Å². The Balaban J connectivity index is 1.85. The maximum atomic E-state index is 12.2. The highest BCUT2D eigenvalue weighted by Crippen LogP contribution is 2.20. The summed E-state index contributed by atoms with van der Waals surface area (Å²) in [5.41, 5.74) is 0.557. The van der Waals surface area contributed by atoms with E-state index in [1.165, 1.54) is 29.9 Å². The molecule has 0 radical (unpaired) electrons. The minimum Gasteiger partial charge on any atom is -0.356 e. The Morgan fingerprint density at radius 2 is 1.92 bits per heavy atom. The fourth-order valence-corrected chi connectivity index (χ4v) is 4.20. The Bertz CT molecular complexity index is 773. The molecule has 1 amide bonds. The maximum absolute atomic E-state index is 12.2. The van der Waals surface area contributed by atoms with Gasteiger partial charge in [-0.05, 0) is 18.6 Å². The molecule has 136 valence electrons. The van der Waals surface area contributed by atoms with Gasteiger partial charge in [0.1, 0.15) is 0 Å². The van der Waals surface area contributed by atoms with Gasteiger partial charge in [0.05, 0.1) is 17.0 Å². The van der Waals surface area contributed by atoms with Crippen LogP contribution >= 0.6 is 11.3 Å². The van der Waals surface area contributed by atoms with Crippen LogP contribution in [0.25, 0.3) is 0 Å². The van der Waals surface area contributed by atoms with E-state index in [-0.39, 0.29) is 22.4 Å². The Labute approximate surface area is 152 Å². The van der Waals surface area contributed by atoms with E-state index < -0.39 is 10.0 Å². The van der Waals surface area contributed by atoms with E-state index in [1.54, 1.807) is 23.6 Å². The van der Waals surface area contributed by atoms with Gasteiger partial charge in [-0.1, -0.05) is 44.4 Å².